The summed E-state index contributed by atoms with van der Waals surface area (Å²) in [5, 5.41) is 1.04. The second kappa shape index (κ2) is 8.50. The van der Waals surface area contributed by atoms with E-state index in [4.69, 9.17) is 44.3 Å². The molecule has 7 rings (SSSR count). The second-order valence-corrected chi connectivity index (χ2v) is 10.9. The molecule has 0 aliphatic carbocycles. The predicted octanol–water partition coefficient (Wildman–Crippen LogP) is 6.71. The number of halogens is 2. The van der Waals surface area contributed by atoms with Gasteiger partial charge in [-0.15, -0.1) is 0 Å². The van der Waals surface area contributed by atoms with Crippen LogP contribution in [0.25, 0.3) is 0 Å². The normalized spacial score (nSPS) is 22.4. The minimum absolute atomic E-state index is 0.00911. The summed E-state index contributed by atoms with van der Waals surface area (Å²) in [5.41, 5.74) is 4.04. The lowest BCUT2D eigenvalue weighted by Gasteiger charge is -2.34. The first kappa shape index (κ1) is 23.6. The van der Waals surface area contributed by atoms with Gasteiger partial charge in [0, 0.05) is 38.4 Å². The average Bonchev–Trinajstić information content (AvgIpc) is 3.55. The van der Waals surface area contributed by atoms with Crippen LogP contribution in [0.5, 0.6) is 17.2 Å². The third-order valence-electron chi connectivity index (χ3n) is 7.74. The summed E-state index contributed by atoms with van der Waals surface area (Å²) in [7, 11) is 0. The molecule has 3 aliphatic heterocycles. The standard InChI is InChI=1S/C31H22Cl2NO4/c1-19-5-4-6-20(9-19)15-34(16-21-10-22(32)12-23(33)11-21)26-8-3-2-7-24(26)31(30(34)35)17-36-27-14-29-28(13-25(27)31)37-18-38-29/h1-14H,15-18H2/q+1. The molecule has 2 radical (unpaired) electrons. The highest BCUT2D eigenvalue weighted by atomic mass is 35.5. The Morgan fingerprint density at radius 2 is 1.50 bits per heavy atom. The van der Waals surface area contributed by atoms with Crippen LogP contribution in [0.1, 0.15) is 27.8 Å². The molecule has 1 amide bonds. The average molecular weight is 543 g/mol. The van der Waals surface area contributed by atoms with Crippen LogP contribution >= 0.6 is 23.2 Å². The van der Waals surface area contributed by atoms with Gasteiger partial charge >= 0.3 is 5.91 Å². The van der Waals surface area contributed by atoms with Gasteiger partial charge in [-0.25, -0.2) is 9.28 Å². The van der Waals surface area contributed by atoms with Crippen LogP contribution in [0.2, 0.25) is 10.0 Å². The van der Waals surface area contributed by atoms with E-state index < -0.39 is 5.41 Å². The lowest BCUT2D eigenvalue weighted by molar-refractivity contribution is -0.134. The van der Waals surface area contributed by atoms with E-state index in [1.807, 2.05) is 72.8 Å². The highest BCUT2D eigenvalue weighted by Crippen LogP contribution is 2.58. The summed E-state index contributed by atoms with van der Waals surface area (Å²) in [4.78, 5) is 15.2. The molecule has 4 aromatic rings. The number of carbonyl (C=O) groups is 1. The zero-order valence-electron chi connectivity index (χ0n) is 20.2. The van der Waals surface area contributed by atoms with E-state index in [9.17, 15) is 0 Å². The smallest absolute Gasteiger partial charge is 0.338 e. The Hall–Kier alpha value is -3.51. The van der Waals surface area contributed by atoms with Gasteiger partial charge in [-0.2, -0.15) is 0 Å². The summed E-state index contributed by atoms with van der Waals surface area (Å²) in [6, 6.07) is 24.8. The van der Waals surface area contributed by atoms with Crippen molar-refractivity contribution in [3.05, 3.63) is 124 Å². The minimum atomic E-state index is -1.02. The van der Waals surface area contributed by atoms with Gasteiger partial charge in [-0.05, 0) is 48.9 Å². The fourth-order valence-corrected chi connectivity index (χ4v) is 6.80. The van der Waals surface area contributed by atoms with E-state index in [1.54, 1.807) is 6.07 Å². The molecule has 5 nitrogen and oxygen atoms in total. The van der Waals surface area contributed by atoms with Crippen molar-refractivity contribution in [2.24, 2.45) is 0 Å². The molecule has 3 heterocycles. The number of carbonyl (C=O) groups excluding carboxylic acids is 1. The van der Waals surface area contributed by atoms with Crippen LogP contribution in [-0.4, -0.2) is 19.3 Å². The predicted molar refractivity (Wildman–Crippen MR) is 146 cm³/mol. The van der Waals surface area contributed by atoms with E-state index in [0.717, 1.165) is 27.9 Å². The minimum Gasteiger partial charge on any atom is -0.491 e. The molecule has 0 saturated heterocycles. The lowest BCUT2D eigenvalue weighted by atomic mass is 9.77. The fraction of sp³-hybridized carbons (Fsp3) is 0.161. The summed E-state index contributed by atoms with van der Waals surface area (Å²) in [5.74, 6) is 1.87. The molecule has 2 unspecified atom stereocenters. The molecule has 1 spiro atoms. The molecular formula is C31H22Cl2NO4+. The molecule has 38 heavy (non-hydrogen) atoms. The van der Waals surface area contributed by atoms with Crippen LogP contribution < -0.4 is 18.7 Å². The number of benzene rings is 4. The van der Waals surface area contributed by atoms with Gasteiger partial charge in [0.25, 0.3) is 0 Å². The Morgan fingerprint density at radius 1 is 0.763 bits per heavy atom. The Balaban J connectivity index is 1.47. The molecule has 0 aromatic heterocycles. The molecule has 4 aromatic carbocycles. The van der Waals surface area contributed by atoms with Gasteiger partial charge in [-0.3, -0.25) is 0 Å². The summed E-state index contributed by atoms with van der Waals surface area (Å²) in [6.45, 7) is 7.23. The maximum Gasteiger partial charge on any atom is 0.338 e. The first-order valence-electron chi connectivity index (χ1n) is 12.3. The molecule has 0 bridgehead atoms. The van der Waals surface area contributed by atoms with Crippen LogP contribution in [0.3, 0.4) is 0 Å². The van der Waals surface area contributed by atoms with Gasteiger partial charge in [0.05, 0.1) is 0 Å². The Labute approximate surface area is 230 Å². The van der Waals surface area contributed by atoms with Crippen LogP contribution in [-0.2, 0) is 23.3 Å². The van der Waals surface area contributed by atoms with Crippen molar-refractivity contribution in [3.63, 3.8) is 0 Å². The molecular weight excluding hydrogens is 521 g/mol. The van der Waals surface area contributed by atoms with Crippen molar-refractivity contribution >= 4 is 34.8 Å². The maximum atomic E-state index is 15.2. The van der Waals surface area contributed by atoms with Crippen LogP contribution in [0, 0.1) is 6.92 Å². The second-order valence-electron chi connectivity index (χ2n) is 10.0. The molecule has 188 valence electrons. The van der Waals surface area contributed by atoms with Gasteiger partial charge in [-0.1, -0.05) is 59.6 Å². The summed E-state index contributed by atoms with van der Waals surface area (Å²) in [6.07, 6.45) is 0. The SMILES string of the molecule is [CH]c1cccc(C[N+]2(Cc3cc(Cl)cc(Cl)c3)C(=O)C3(COc4cc5c(cc43)OCO5)c3ccccc32)c1. The molecule has 3 aliphatic rings. The Morgan fingerprint density at radius 3 is 2.29 bits per heavy atom. The molecule has 2 atom stereocenters. The third kappa shape index (κ3) is 3.39. The van der Waals surface area contributed by atoms with E-state index in [0.29, 0.717) is 45.9 Å². The number of quaternary nitrogens is 1. The quantitative estimate of drug-likeness (QED) is 0.269. The maximum absolute atomic E-state index is 15.2. The monoisotopic (exact) mass is 542 g/mol. The molecule has 7 heteroatoms. The lowest BCUT2D eigenvalue weighted by Crippen LogP contribution is -2.56. The van der Waals surface area contributed by atoms with Gasteiger partial charge in [0.15, 0.2) is 16.9 Å². The first-order valence-corrected chi connectivity index (χ1v) is 13.0. The van der Waals surface area contributed by atoms with Crippen molar-refractivity contribution in [3.8, 4) is 17.2 Å². The number of fused-ring (bicyclic) bond motifs is 5. The number of ether oxygens (including phenoxy) is 3. The zero-order chi connectivity index (χ0) is 26.1. The molecule has 0 N–H and O–H groups in total. The van der Waals surface area contributed by atoms with Crippen molar-refractivity contribution in [2.45, 2.75) is 18.5 Å². The number of hydrogen-bond donors (Lipinski definition) is 0. The largest absolute Gasteiger partial charge is 0.491 e. The first-order chi connectivity index (χ1) is 18.4. The van der Waals surface area contributed by atoms with Gasteiger partial charge < -0.3 is 14.2 Å². The number of rotatable bonds is 4. The van der Waals surface area contributed by atoms with E-state index in [2.05, 4.69) is 0 Å². The number of hydrogen-bond acceptors (Lipinski definition) is 4. The summed E-state index contributed by atoms with van der Waals surface area (Å²) >= 11 is 12.8. The van der Waals surface area contributed by atoms with E-state index >= 15 is 4.79 Å². The summed E-state index contributed by atoms with van der Waals surface area (Å²) < 4.78 is 17.5. The fourth-order valence-electron chi connectivity index (χ4n) is 6.22. The van der Waals surface area contributed by atoms with Crippen molar-refractivity contribution in [2.75, 3.05) is 13.4 Å². The molecule has 0 saturated carbocycles. The van der Waals surface area contributed by atoms with E-state index in [-0.39, 0.29) is 23.8 Å². The Bertz CT molecular complexity index is 1620. The zero-order valence-corrected chi connectivity index (χ0v) is 21.8. The van der Waals surface area contributed by atoms with Crippen molar-refractivity contribution < 1.29 is 19.0 Å². The third-order valence-corrected chi connectivity index (χ3v) is 8.17. The number of amides is 1. The van der Waals surface area contributed by atoms with E-state index in [1.165, 1.54) is 0 Å². The van der Waals surface area contributed by atoms with Crippen LogP contribution in [0.15, 0.2) is 78.9 Å². The number of nitrogens with zero attached hydrogens (tertiary/aromatic N) is 1. The Kier molecular flexibility index (Phi) is 5.28. The topological polar surface area (TPSA) is 44.8 Å². The number of para-hydroxylation sites is 1. The van der Waals surface area contributed by atoms with Gasteiger partial charge in [0.1, 0.15) is 31.1 Å². The van der Waals surface area contributed by atoms with Crippen molar-refractivity contribution in [1.82, 2.24) is 4.48 Å². The van der Waals surface area contributed by atoms with Crippen LogP contribution in [0.4, 0.5) is 5.69 Å². The highest BCUT2D eigenvalue weighted by Gasteiger charge is 2.66. The molecule has 0 fully saturated rings. The van der Waals surface area contributed by atoms with Gasteiger partial charge in [0.2, 0.25) is 6.79 Å². The van der Waals surface area contributed by atoms with Crippen molar-refractivity contribution in [1.29, 1.82) is 0 Å². The highest BCUT2D eigenvalue weighted by molar-refractivity contribution is 6.34.